The van der Waals surface area contributed by atoms with Crippen molar-refractivity contribution < 1.29 is 0 Å². The van der Waals surface area contributed by atoms with Gasteiger partial charge in [0, 0.05) is 12.1 Å². The third-order valence-corrected chi connectivity index (χ3v) is 6.56. The van der Waals surface area contributed by atoms with Crippen LogP contribution in [0.4, 0.5) is 0 Å². The largest absolute Gasteiger partial charge is 0.317 e. The van der Waals surface area contributed by atoms with E-state index in [4.69, 9.17) is 0 Å². The highest BCUT2D eigenvalue weighted by atomic mass is 15.2. The molecule has 3 aliphatic rings. The molecule has 2 aliphatic heterocycles. The van der Waals surface area contributed by atoms with E-state index in [9.17, 15) is 0 Å². The minimum atomic E-state index is 0.695. The number of likely N-dealkylation sites (tertiary alicyclic amines) is 1. The molecule has 0 aromatic heterocycles. The van der Waals surface area contributed by atoms with Gasteiger partial charge in [-0.3, -0.25) is 4.90 Å². The number of nitrogens with zero attached hydrogens (tertiary/aromatic N) is 1. The smallest absolute Gasteiger partial charge is 0.0354 e. The molecule has 1 spiro atoms. The fourth-order valence-corrected chi connectivity index (χ4v) is 5.28. The molecule has 0 amide bonds. The average Bonchev–Trinajstić information content (AvgIpc) is 3.02. The van der Waals surface area contributed by atoms with Gasteiger partial charge in [0.05, 0.1) is 0 Å². The van der Waals surface area contributed by atoms with E-state index in [1.54, 1.807) is 11.1 Å². The Labute approximate surface area is 135 Å². The van der Waals surface area contributed by atoms with Gasteiger partial charge in [-0.15, -0.1) is 0 Å². The Kier molecular flexibility index (Phi) is 4.00. The summed E-state index contributed by atoms with van der Waals surface area (Å²) in [5.74, 6) is 0. The summed E-state index contributed by atoms with van der Waals surface area (Å²) >= 11 is 0. The summed E-state index contributed by atoms with van der Waals surface area (Å²) in [4.78, 5) is 2.86. The SMILES string of the molecule is CCc1ccccc1[C@@H]1CCCN1C1CC2(CCNCC2)C1. The van der Waals surface area contributed by atoms with Crippen molar-refractivity contribution in [1.82, 2.24) is 10.2 Å². The third-order valence-electron chi connectivity index (χ3n) is 6.56. The van der Waals surface area contributed by atoms with E-state index in [0.29, 0.717) is 11.5 Å². The van der Waals surface area contributed by atoms with Crippen molar-refractivity contribution in [3.8, 4) is 0 Å². The van der Waals surface area contributed by atoms with Crippen molar-refractivity contribution in [1.29, 1.82) is 0 Å². The van der Waals surface area contributed by atoms with Crippen molar-refractivity contribution in [3.63, 3.8) is 0 Å². The lowest BCUT2D eigenvalue weighted by atomic mass is 9.60. The lowest BCUT2D eigenvalue weighted by molar-refractivity contribution is -0.0265. The van der Waals surface area contributed by atoms with Gasteiger partial charge in [-0.05, 0) is 81.1 Å². The van der Waals surface area contributed by atoms with E-state index >= 15 is 0 Å². The van der Waals surface area contributed by atoms with Gasteiger partial charge in [-0.1, -0.05) is 31.2 Å². The Morgan fingerprint density at radius 2 is 1.95 bits per heavy atom. The van der Waals surface area contributed by atoms with Crippen LogP contribution in [0.2, 0.25) is 0 Å². The van der Waals surface area contributed by atoms with Crippen molar-refractivity contribution in [2.75, 3.05) is 19.6 Å². The first-order valence-corrected chi connectivity index (χ1v) is 9.36. The summed E-state index contributed by atoms with van der Waals surface area (Å²) in [6.45, 7) is 6.11. The quantitative estimate of drug-likeness (QED) is 0.910. The lowest BCUT2D eigenvalue weighted by Gasteiger charge is -2.54. The Balaban J connectivity index is 1.48. The summed E-state index contributed by atoms with van der Waals surface area (Å²) in [5.41, 5.74) is 3.89. The molecule has 2 saturated heterocycles. The van der Waals surface area contributed by atoms with Crippen LogP contribution in [0, 0.1) is 5.41 Å². The second kappa shape index (κ2) is 5.98. The van der Waals surface area contributed by atoms with Gasteiger partial charge in [-0.25, -0.2) is 0 Å². The molecule has 4 rings (SSSR count). The van der Waals surface area contributed by atoms with E-state index in [1.807, 2.05) is 0 Å². The second-order valence-electron chi connectivity index (χ2n) is 7.76. The molecular weight excluding hydrogens is 268 g/mol. The fraction of sp³-hybridized carbons (Fsp3) is 0.700. The first-order chi connectivity index (χ1) is 10.8. The first kappa shape index (κ1) is 14.7. The van der Waals surface area contributed by atoms with E-state index in [1.165, 1.54) is 64.6 Å². The van der Waals surface area contributed by atoms with Gasteiger partial charge in [-0.2, -0.15) is 0 Å². The molecule has 1 saturated carbocycles. The Hall–Kier alpha value is -0.860. The van der Waals surface area contributed by atoms with Crippen LogP contribution in [0.15, 0.2) is 24.3 Å². The summed E-state index contributed by atoms with van der Waals surface area (Å²) in [6.07, 6.45) is 9.65. The average molecular weight is 298 g/mol. The predicted octanol–water partition coefficient (Wildman–Crippen LogP) is 3.92. The molecule has 1 aromatic carbocycles. The van der Waals surface area contributed by atoms with Gasteiger partial charge in [0.1, 0.15) is 0 Å². The van der Waals surface area contributed by atoms with E-state index in [0.717, 1.165) is 6.04 Å². The standard InChI is InChI=1S/C20H30N2/c1-2-16-6-3-4-7-18(16)19-8-5-13-22(19)17-14-20(15-17)9-11-21-12-10-20/h3-4,6-7,17,19,21H,2,5,8-15H2,1H3/t19-/m0/s1. The lowest BCUT2D eigenvalue weighted by Crippen LogP contribution is -2.54. The van der Waals surface area contributed by atoms with Crippen LogP contribution in [0.1, 0.15) is 62.6 Å². The van der Waals surface area contributed by atoms with Gasteiger partial charge >= 0.3 is 0 Å². The topological polar surface area (TPSA) is 15.3 Å². The van der Waals surface area contributed by atoms with Crippen LogP contribution in [0.25, 0.3) is 0 Å². The van der Waals surface area contributed by atoms with Crippen LogP contribution in [0.3, 0.4) is 0 Å². The highest BCUT2D eigenvalue weighted by Gasteiger charge is 2.48. The zero-order valence-corrected chi connectivity index (χ0v) is 14.0. The molecule has 1 atom stereocenters. The van der Waals surface area contributed by atoms with Gasteiger partial charge < -0.3 is 5.32 Å². The molecule has 1 N–H and O–H groups in total. The Morgan fingerprint density at radius 3 is 2.73 bits per heavy atom. The number of piperidine rings is 1. The highest BCUT2D eigenvalue weighted by Crippen LogP contribution is 2.52. The predicted molar refractivity (Wildman–Crippen MR) is 92.1 cm³/mol. The molecule has 0 radical (unpaired) electrons. The summed E-state index contributed by atoms with van der Waals surface area (Å²) < 4.78 is 0. The van der Waals surface area contributed by atoms with E-state index < -0.39 is 0 Å². The number of hydrogen-bond acceptors (Lipinski definition) is 2. The van der Waals surface area contributed by atoms with Gasteiger partial charge in [0.15, 0.2) is 0 Å². The number of hydrogen-bond donors (Lipinski definition) is 1. The normalized spacial score (nSPS) is 28.9. The summed E-state index contributed by atoms with van der Waals surface area (Å²) in [6, 6.07) is 10.7. The molecule has 1 aliphatic carbocycles. The maximum Gasteiger partial charge on any atom is 0.0354 e. The van der Waals surface area contributed by atoms with Crippen molar-refractivity contribution in [3.05, 3.63) is 35.4 Å². The molecule has 0 bridgehead atoms. The fourth-order valence-electron chi connectivity index (χ4n) is 5.28. The summed E-state index contributed by atoms with van der Waals surface area (Å²) in [7, 11) is 0. The molecule has 2 nitrogen and oxygen atoms in total. The Morgan fingerprint density at radius 1 is 1.18 bits per heavy atom. The Bertz CT molecular complexity index is 510. The van der Waals surface area contributed by atoms with Crippen molar-refractivity contribution in [2.45, 2.75) is 64.0 Å². The molecule has 2 heterocycles. The minimum Gasteiger partial charge on any atom is -0.317 e. The number of aryl methyl sites for hydroxylation is 1. The monoisotopic (exact) mass is 298 g/mol. The molecular formula is C20H30N2. The van der Waals surface area contributed by atoms with E-state index in [2.05, 4.69) is 41.4 Å². The number of benzene rings is 1. The van der Waals surface area contributed by atoms with Crippen LogP contribution in [-0.4, -0.2) is 30.6 Å². The molecule has 120 valence electrons. The van der Waals surface area contributed by atoms with Crippen molar-refractivity contribution in [2.24, 2.45) is 5.41 Å². The number of rotatable bonds is 3. The van der Waals surface area contributed by atoms with Crippen LogP contribution < -0.4 is 5.32 Å². The third kappa shape index (κ3) is 2.51. The maximum atomic E-state index is 3.53. The molecule has 2 heteroatoms. The van der Waals surface area contributed by atoms with Crippen LogP contribution >= 0.6 is 0 Å². The zero-order valence-electron chi connectivity index (χ0n) is 14.0. The number of nitrogens with one attached hydrogen (secondary N) is 1. The summed E-state index contributed by atoms with van der Waals surface area (Å²) in [5, 5.41) is 3.53. The van der Waals surface area contributed by atoms with Crippen LogP contribution in [-0.2, 0) is 6.42 Å². The molecule has 1 aromatic rings. The van der Waals surface area contributed by atoms with Gasteiger partial charge in [0.2, 0.25) is 0 Å². The van der Waals surface area contributed by atoms with Crippen molar-refractivity contribution >= 4 is 0 Å². The molecule has 22 heavy (non-hydrogen) atoms. The first-order valence-electron chi connectivity index (χ1n) is 9.36. The zero-order chi connectivity index (χ0) is 15.0. The minimum absolute atomic E-state index is 0.695. The molecule has 0 unspecified atom stereocenters. The molecule has 3 fully saturated rings. The van der Waals surface area contributed by atoms with Gasteiger partial charge in [0.25, 0.3) is 0 Å². The van der Waals surface area contributed by atoms with E-state index in [-0.39, 0.29) is 0 Å². The maximum absolute atomic E-state index is 3.53. The highest BCUT2D eigenvalue weighted by molar-refractivity contribution is 5.31. The van der Waals surface area contributed by atoms with Crippen LogP contribution in [0.5, 0.6) is 0 Å². The second-order valence-corrected chi connectivity index (χ2v) is 7.76.